The van der Waals surface area contributed by atoms with Crippen molar-refractivity contribution in [3.05, 3.63) is 29.8 Å². The third-order valence-electron chi connectivity index (χ3n) is 3.68. The Labute approximate surface area is 119 Å². The first kappa shape index (κ1) is 15.0. The van der Waals surface area contributed by atoms with Gasteiger partial charge in [-0.2, -0.15) is 5.26 Å². The van der Waals surface area contributed by atoms with E-state index in [4.69, 9.17) is 10.00 Å². The highest BCUT2D eigenvalue weighted by atomic mass is 32.2. The summed E-state index contributed by atoms with van der Waals surface area (Å²) >= 11 is 0. The van der Waals surface area contributed by atoms with Crippen molar-refractivity contribution in [2.75, 3.05) is 19.8 Å². The lowest BCUT2D eigenvalue weighted by molar-refractivity contribution is 0.0265. The molecule has 1 aromatic rings. The zero-order chi connectivity index (χ0) is 14.6. The van der Waals surface area contributed by atoms with E-state index >= 15 is 0 Å². The fourth-order valence-electron chi connectivity index (χ4n) is 2.10. The van der Waals surface area contributed by atoms with Crippen LogP contribution in [0.25, 0.3) is 0 Å². The molecule has 2 rings (SSSR count). The molecule has 0 bridgehead atoms. The molecule has 5 nitrogen and oxygen atoms in total. The van der Waals surface area contributed by atoms with Gasteiger partial charge in [0.05, 0.1) is 16.5 Å². The molecule has 108 valence electrons. The van der Waals surface area contributed by atoms with Gasteiger partial charge in [0.2, 0.25) is 10.0 Å². The molecule has 1 fully saturated rings. The van der Waals surface area contributed by atoms with E-state index in [-0.39, 0.29) is 10.3 Å². The normalized spacial score (nSPS) is 18.4. The van der Waals surface area contributed by atoms with Crippen molar-refractivity contribution in [3.8, 4) is 6.07 Å². The summed E-state index contributed by atoms with van der Waals surface area (Å²) in [5, 5.41) is 8.71. The second-order valence-corrected chi connectivity index (χ2v) is 7.15. The van der Waals surface area contributed by atoms with Gasteiger partial charge in [-0.05, 0) is 42.5 Å². The molecule has 1 N–H and O–H groups in total. The topological polar surface area (TPSA) is 79.2 Å². The van der Waals surface area contributed by atoms with Gasteiger partial charge < -0.3 is 4.74 Å². The Morgan fingerprint density at radius 2 is 1.90 bits per heavy atom. The van der Waals surface area contributed by atoms with Crippen LogP contribution in [0.1, 0.15) is 25.3 Å². The summed E-state index contributed by atoms with van der Waals surface area (Å²) < 4.78 is 32.3. The van der Waals surface area contributed by atoms with Gasteiger partial charge in [0.25, 0.3) is 0 Å². The SMILES string of the molecule is CC1(CNS(=O)(=O)c2ccc(C#N)cc2)CCOCC1. The lowest BCUT2D eigenvalue weighted by Gasteiger charge is -2.33. The standard InChI is InChI=1S/C14H18N2O3S/c1-14(6-8-19-9-7-14)11-16-20(17,18)13-4-2-12(10-15)3-5-13/h2-5,16H,6-9,11H2,1H3. The van der Waals surface area contributed by atoms with Gasteiger partial charge >= 0.3 is 0 Å². The highest BCUT2D eigenvalue weighted by molar-refractivity contribution is 7.89. The van der Waals surface area contributed by atoms with Crippen LogP contribution in [0.15, 0.2) is 29.2 Å². The molecule has 0 radical (unpaired) electrons. The molecule has 0 aliphatic carbocycles. The molecule has 0 unspecified atom stereocenters. The summed E-state index contributed by atoms with van der Waals surface area (Å²) in [6.07, 6.45) is 1.70. The smallest absolute Gasteiger partial charge is 0.240 e. The minimum absolute atomic E-state index is 0.0576. The molecule has 0 aromatic heterocycles. The van der Waals surface area contributed by atoms with Crippen LogP contribution in [-0.4, -0.2) is 28.2 Å². The van der Waals surface area contributed by atoms with Gasteiger partial charge in [-0.3, -0.25) is 0 Å². The van der Waals surface area contributed by atoms with Gasteiger partial charge in [-0.25, -0.2) is 13.1 Å². The molecule has 6 heteroatoms. The maximum Gasteiger partial charge on any atom is 0.240 e. The molecule has 0 saturated carbocycles. The zero-order valence-electron chi connectivity index (χ0n) is 11.4. The fraction of sp³-hybridized carbons (Fsp3) is 0.500. The summed E-state index contributed by atoms with van der Waals surface area (Å²) in [5.74, 6) is 0. The van der Waals surface area contributed by atoms with Crippen LogP contribution in [0.4, 0.5) is 0 Å². The first-order valence-electron chi connectivity index (χ1n) is 6.53. The highest BCUT2D eigenvalue weighted by Crippen LogP contribution is 2.29. The number of hydrogen-bond acceptors (Lipinski definition) is 4. The second-order valence-electron chi connectivity index (χ2n) is 5.38. The molecule has 1 aliphatic rings. The average molecular weight is 294 g/mol. The van der Waals surface area contributed by atoms with Crippen molar-refractivity contribution in [2.45, 2.75) is 24.7 Å². The van der Waals surface area contributed by atoms with Crippen LogP contribution in [0, 0.1) is 16.7 Å². The number of benzene rings is 1. The van der Waals surface area contributed by atoms with Crippen LogP contribution in [0.2, 0.25) is 0 Å². The number of nitrogens with one attached hydrogen (secondary N) is 1. The maximum absolute atomic E-state index is 12.2. The van der Waals surface area contributed by atoms with Crippen LogP contribution in [0.5, 0.6) is 0 Å². The first-order valence-corrected chi connectivity index (χ1v) is 8.01. The third kappa shape index (κ3) is 3.57. The molecule has 1 saturated heterocycles. The van der Waals surface area contributed by atoms with Crippen molar-refractivity contribution < 1.29 is 13.2 Å². The summed E-state index contributed by atoms with van der Waals surface area (Å²) in [7, 11) is -3.52. The predicted octanol–water partition coefficient (Wildman–Crippen LogP) is 1.65. The van der Waals surface area contributed by atoms with E-state index in [0.717, 1.165) is 12.8 Å². The Balaban J connectivity index is 2.05. The lowest BCUT2D eigenvalue weighted by atomic mass is 9.83. The van der Waals surface area contributed by atoms with Gasteiger partial charge in [0.1, 0.15) is 0 Å². The second kappa shape index (κ2) is 5.92. The van der Waals surface area contributed by atoms with E-state index in [2.05, 4.69) is 11.6 Å². The molecular weight excluding hydrogens is 276 g/mol. The van der Waals surface area contributed by atoms with Crippen LogP contribution in [-0.2, 0) is 14.8 Å². The van der Waals surface area contributed by atoms with Crippen molar-refractivity contribution >= 4 is 10.0 Å². The van der Waals surface area contributed by atoms with E-state index in [9.17, 15) is 8.42 Å². The van der Waals surface area contributed by atoms with Crippen molar-refractivity contribution in [1.29, 1.82) is 5.26 Å². The molecule has 0 spiro atoms. The molecule has 0 amide bonds. The minimum Gasteiger partial charge on any atom is -0.381 e. The number of hydrogen-bond donors (Lipinski definition) is 1. The average Bonchev–Trinajstić information content (AvgIpc) is 2.46. The Hall–Kier alpha value is -1.42. The van der Waals surface area contributed by atoms with Crippen molar-refractivity contribution in [1.82, 2.24) is 4.72 Å². The monoisotopic (exact) mass is 294 g/mol. The molecule has 0 atom stereocenters. The number of nitrogens with zero attached hydrogens (tertiary/aromatic N) is 1. The van der Waals surface area contributed by atoms with Crippen molar-refractivity contribution in [2.24, 2.45) is 5.41 Å². The van der Waals surface area contributed by atoms with Crippen molar-refractivity contribution in [3.63, 3.8) is 0 Å². The first-order chi connectivity index (χ1) is 9.45. The third-order valence-corrected chi connectivity index (χ3v) is 5.10. The van der Waals surface area contributed by atoms with Gasteiger partial charge in [-0.15, -0.1) is 0 Å². The molecule has 1 heterocycles. The van der Waals surface area contributed by atoms with Crippen LogP contribution < -0.4 is 4.72 Å². The van der Waals surface area contributed by atoms with E-state index in [1.165, 1.54) is 24.3 Å². The summed E-state index contributed by atoms with van der Waals surface area (Å²) in [5.41, 5.74) is 0.387. The number of ether oxygens (including phenoxy) is 1. The highest BCUT2D eigenvalue weighted by Gasteiger charge is 2.29. The Morgan fingerprint density at radius 3 is 2.45 bits per heavy atom. The largest absolute Gasteiger partial charge is 0.381 e. The molecule has 1 aromatic carbocycles. The van der Waals surface area contributed by atoms with Crippen LogP contribution >= 0.6 is 0 Å². The summed E-state index contributed by atoms with van der Waals surface area (Å²) in [6.45, 7) is 3.82. The van der Waals surface area contributed by atoms with Gasteiger partial charge in [0.15, 0.2) is 0 Å². The van der Waals surface area contributed by atoms with E-state index < -0.39 is 10.0 Å². The Bertz CT molecular complexity index is 596. The Kier molecular flexibility index (Phi) is 4.43. The number of sulfonamides is 1. The Morgan fingerprint density at radius 1 is 1.30 bits per heavy atom. The minimum atomic E-state index is -3.52. The zero-order valence-corrected chi connectivity index (χ0v) is 12.2. The van der Waals surface area contributed by atoms with E-state index in [1.54, 1.807) is 0 Å². The van der Waals surface area contributed by atoms with Gasteiger partial charge in [-0.1, -0.05) is 6.92 Å². The molecule has 1 aliphatic heterocycles. The summed E-state index contributed by atoms with van der Waals surface area (Å²) in [6, 6.07) is 7.88. The van der Waals surface area contributed by atoms with E-state index in [0.29, 0.717) is 25.3 Å². The quantitative estimate of drug-likeness (QED) is 0.915. The predicted molar refractivity (Wildman–Crippen MR) is 74.5 cm³/mol. The number of rotatable bonds is 4. The van der Waals surface area contributed by atoms with E-state index in [1.807, 2.05) is 6.07 Å². The number of nitriles is 1. The van der Waals surface area contributed by atoms with Crippen LogP contribution in [0.3, 0.4) is 0 Å². The molecular formula is C14H18N2O3S. The molecule has 20 heavy (non-hydrogen) atoms. The fourth-order valence-corrected chi connectivity index (χ4v) is 3.30. The summed E-state index contributed by atoms with van der Waals surface area (Å²) in [4.78, 5) is 0.187. The van der Waals surface area contributed by atoms with Gasteiger partial charge in [0, 0.05) is 19.8 Å². The lowest BCUT2D eigenvalue weighted by Crippen LogP contribution is -2.39. The maximum atomic E-state index is 12.2.